The lowest BCUT2D eigenvalue weighted by Crippen LogP contribution is -2.44. The highest BCUT2D eigenvalue weighted by molar-refractivity contribution is 7.91. The van der Waals surface area contributed by atoms with Gasteiger partial charge in [-0.3, -0.25) is 0 Å². The van der Waals surface area contributed by atoms with E-state index in [4.69, 9.17) is 15.2 Å². The van der Waals surface area contributed by atoms with E-state index in [-0.39, 0.29) is 23.2 Å². The van der Waals surface area contributed by atoms with Crippen LogP contribution < -0.4 is 10.5 Å². The quantitative estimate of drug-likeness (QED) is 0.484. The number of aromatic nitrogens is 3. The van der Waals surface area contributed by atoms with Crippen LogP contribution in [0.4, 0.5) is 5.82 Å². The smallest absolute Gasteiger partial charge is 0.152 e. The molecule has 2 aliphatic heterocycles. The van der Waals surface area contributed by atoms with E-state index >= 15 is 0 Å². The van der Waals surface area contributed by atoms with Gasteiger partial charge in [0.05, 0.1) is 28.6 Å². The molecule has 2 saturated heterocycles. The average Bonchev–Trinajstić information content (AvgIpc) is 3.41. The highest BCUT2D eigenvalue weighted by Gasteiger charge is 2.35. The lowest BCUT2D eigenvalue weighted by atomic mass is 9.79. The van der Waals surface area contributed by atoms with Gasteiger partial charge in [-0.05, 0) is 63.1 Å². The van der Waals surface area contributed by atoms with Crippen molar-refractivity contribution in [2.75, 3.05) is 43.5 Å². The fourth-order valence-corrected chi connectivity index (χ4v) is 7.39. The molecule has 1 saturated carbocycles. The van der Waals surface area contributed by atoms with E-state index in [9.17, 15) is 8.42 Å². The van der Waals surface area contributed by atoms with Crippen LogP contribution in [0.25, 0.3) is 22.2 Å². The summed E-state index contributed by atoms with van der Waals surface area (Å²) < 4.78 is 38.0. The molecule has 4 heterocycles. The Bertz CT molecular complexity index is 1420. The Hall–Kier alpha value is -2.69. The van der Waals surface area contributed by atoms with Crippen LogP contribution in [0.2, 0.25) is 0 Å². The first-order chi connectivity index (χ1) is 18.2. The molecule has 3 aliphatic rings. The maximum absolute atomic E-state index is 11.7. The van der Waals surface area contributed by atoms with E-state index in [1.54, 1.807) is 0 Å². The van der Waals surface area contributed by atoms with Crippen LogP contribution in [0.3, 0.4) is 0 Å². The Kier molecular flexibility index (Phi) is 6.60. The van der Waals surface area contributed by atoms with Crippen molar-refractivity contribution in [1.82, 2.24) is 19.4 Å². The van der Waals surface area contributed by atoms with Crippen LogP contribution >= 0.6 is 0 Å². The van der Waals surface area contributed by atoms with Gasteiger partial charge in [-0.25, -0.2) is 18.4 Å². The molecule has 0 bridgehead atoms. The number of anilines is 1. The molecule has 0 radical (unpaired) electrons. The number of rotatable bonds is 7. The van der Waals surface area contributed by atoms with Crippen LogP contribution in [-0.2, 0) is 14.6 Å². The fourth-order valence-electron chi connectivity index (χ4n) is 6.12. The minimum Gasteiger partial charge on any atom is -0.491 e. The summed E-state index contributed by atoms with van der Waals surface area (Å²) in [5.41, 5.74) is 9.18. The third-order valence-corrected chi connectivity index (χ3v) is 9.94. The molecule has 0 spiro atoms. The normalized spacial score (nSPS) is 26.8. The second-order valence-corrected chi connectivity index (χ2v) is 14.0. The summed E-state index contributed by atoms with van der Waals surface area (Å²) in [4.78, 5) is 11.2. The molecule has 6 rings (SSSR count). The van der Waals surface area contributed by atoms with Crippen LogP contribution in [0.1, 0.15) is 45.6 Å². The fraction of sp³-hybridized carbons (Fsp3) is 0.571. The largest absolute Gasteiger partial charge is 0.491 e. The maximum atomic E-state index is 11.7. The number of nitrogens with two attached hydrogens (primary N) is 1. The summed E-state index contributed by atoms with van der Waals surface area (Å²) >= 11 is 0. The van der Waals surface area contributed by atoms with Crippen LogP contribution in [0.5, 0.6) is 5.75 Å². The Morgan fingerprint density at radius 3 is 2.71 bits per heavy atom. The first-order valence-electron chi connectivity index (χ1n) is 13.6. The molecule has 2 aromatic heterocycles. The van der Waals surface area contributed by atoms with E-state index in [2.05, 4.69) is 51.6 Å². The maximum Gasteiger partial charge on any atom is 0.152 e. The van der Waals surface area contributed by atoms with Gasteiger partial charge >= 0.3 is 0 Å². The van der Waals surface area contributed by atoms with Crippen molar-refractivity contribution in [1.29, 1.82) is 0 Å². The van der Waals surface area contributed by atoms with Crippen LogP contribution in [-0.4, -0.2) is 77.3 Å². The second kappa shape index (κ2) is 9.81. The van der Waals surface area contributed by atoms with Gasteiger partial charge in [0, 0.05) is 37.4 Å². The average molecular weight is 540 g/mol. The Labute approximate surface area is 224 Å². The van der Waals surface area contributed by atoms with Crippen molar-refractivity contribution in [2.45, 2.75) is 57.3 Å². The molecule has 1 aliphatic carbocycles. The zero-order chi connectivity index (χ0) is 26.5. The highest BCUT2D eigenvalue weighted by atomic mass is 32.2. The van der Waals surface area contributed by atoms with Gasteiger partial charge in [0.1, 0.15) is 30.1 Å². The summed E-state index contributed by atoms with van der Waals surface area (Å²) in [5, 5.41) is 0.871. The molecule has 3 fully saturated rings. The van der Waals surface area contributed by atoms with Gasteiger partial charge in [0.2, 0.25) is 0 Å². The highest BCUT2D eigenvalue weighted by Crippen LogP contribution is 2.43. The summed E-state index contributed by atoms with van der Waals surface area (Å²) in [5.74, 6) is 2.39. The first kappa shape index (κ1) is 25.6. The molecule has 204 valence electrons. The summed E-state index contributed by atoms with van der Waals surface area (Å²) in [6.45, 7) is 7.03. The number of nitrogen functional groups attached to an aromatic ring is 1. The van der Waals surface area contributed by atoms with Gasteiger partial charge in [-0.15, -0.1) is 0 Å². The minimum absolute atomic E-state index is 0.0792. The van der Waals surface area contributed by atoms with Gasteiger partial charge < -0.3 is 24.7 Å². The topological polar surface area (TPSA) is 113 Å². The zero-order valence-corrected chi connectivity index (χ0v) is 23.0. The molecule has 1 unspecified atom stereocenters. The zero-order valence-electron chi connectivity index (χ0n) is 22.2. The van der Waals surface area contributed by atoms with E-state index < -0.39 is 9.84 Å². The number of nitrogens with zero attached hydrogens (tertiary/aromatic N) is 4. The molecule has 1 aromatic carbocycles. The number of fused-ring (bicyclic) bond motifs is 1. The van der Waals surface area contributed by atoms with Crippen molar-refractivity contribution >= 4 is 26.7 Å². The van der Waals surface area contributed by atoms with Crippen LogP contribution in [0.15, 0.2) is 36.8 Å². The summed E-state index contributed by atoms with van der Waals surface area (Å²) in [6.07, 6.45) is 7.93. The lowest BCUT2D eigenvalue weighted by Gasteiger charge is -2.40. The molecule has 38 heavy (non-hydrogen) atoms. The van der Waals surface area contributed by atoms with E-state index in [1.165, 1.54) is 6.33 Å². The van der Waals surface area contributed by atoms with Gasteiger partial charge in [-0.2, -0.15) is 0 Å². The number of ether oxygens (including phenoxy) is 2. The third-order valence-electron chi connectivity index (χ3n) is 8.33. The summed E-state index contributed by atoms with van der Waals surface area (Å²) in [6, 6.07) is 8.44. The Morgan fingerprint density at radius 2 is 1.97 bits per heavy atom. The van der Waals surface area contributed by atoms with Gasteiger partial charge in [0.25, 0.3) is 0 Å². The number of benzene rings is 1. The van der Waals surface area contributed by atoms with Crippen molar-refractivity contribution in [2.24, 2.45) is 5.92 Å². The minimum atomic E-state index is -2.85. The van der Waals surface area contributed by atoms with E-state index in [1.807, 2.05) is 12.1 Å². The number of sulfone groups is 1. The van der Waals surface area contributed by atoms with Gasteiger partial charge in [-0.1, -0.05) is 12.1 Å². The first-order valence-corrected chi connectivity index (χ1v) is 15.4. The van der Waals surface area contributed by atoms with Crippen LogP contribution in [0, 0.1) is 5.92 Å². The van der Waals surface area contributed by atoms with Crippen molar-refractivity contribution in [3.63, 3.8) is 0 Å². The van der Waals surface area contributed by atoms with Gasteiger partial charge in [0.15, 0.2) is 9.84 Å². The molecule has 9 nitrogen and oxygen atoms in total. The van der Waals surface area contributed by atoms with Crippen molar-refractivity contribution in [3.05, 3.63) is 36.8 Å². The monoisotopic (exact) mass is 539 g/mol. The number of hydrogen-bond donors (Lipinski definition) is 1. The molecule has 0 amide bonds. The second-order valence-electron chi connectivity index (χ2n) is 11.7. The Morgan fingerprint density at radius 1 is 1.18 bits per heavy atom. The summed E-state index contributed by atoms with van der Waals surface area (Å²) in [7, 11) is -2.85. The molecular formula is C28H37N5O4S. The SMILES string of the molecule is CC1(C)CCC(COc2cccc(-c3cn([C@H]4C[C@@H](CN5CCS(=O)(=O)CC5)C4)c4ncnc(N)c34)c2)O1. The molecule has 2 N–H and O–H groups in total. The molecular weight excluding hydrogens is 502 g/mol. The molecule has 1 atom stereocenters. The molecule has 3 aromatic rings. The lowest BCUT2D eigenvalue weighted by molar-refractivity contribution is -0.0326. The Balaban J connectivity index is 1.17. The third kappa shape index (κ3) is 5.26. The number of hydrogen-bond acceptors (Lipinski definition) is 8. The van der Waals surface area contributed by atoms with E-state index in [0.29, 0.717) is 37.5 Å². The molecule has 10 heteroatoms. The van der Waals surface area contributed by atoms with Crippen molar-refractivity contribution in [3.8, 4) is 16.9 Å². The standard InChI is InChI=1S/C28H37N5O4S/c1-28(2)7-6-23(37-28)17-36-22-5-3-4-20(14-22)24-16-33(27-25(24)26(29)30-18-31-27)21-12-19(13-21)15-32-8-10-38(34,35)11-9-32/h3-5,14,16,18-19,21,23H,6-13,15,17H2,1-2H3,(H2,29,30,31)/t19-,21+,23?. The van der Waals surface area contributed by atoms with Crippen molar-refractivity contribution < 1.29 is 17.9 Å². The predicted molar refractivity (Wildman–Crippen MR) is 148 cm³/mol. The predicted octanol–water partition coefficient (Wildman–Crippen LogP) is 3.70. The van der Waals surface area contributed by atoms with E-state index in [0.717, 1.165) is 60.1 Å².